The molecule has 4 rings (SSSR count). The van der Waals surface area contributed by atoms with Gasteiger partial charge in [0.05, 0.1) is 11.1 Å². The highest BCUT2D eigenvalue weighted by Crippen LogP contribution is 2.34. The van der Waals surface area contributed by atoms with Crippen LogP contribution in [0.5, 0.6) is 11.6 Å². The minimum atomic E-state index is -1.19. The van der Waals surface area contributed by atoms with Gasteiger partial charge in [-0.1, -0.05) is 37.8 Å². The molecule has 0 spiro atoms. The van der Waals surface area contributed by atoms with Crippen LogP contribution >= 0.6 is 0 Å². The van der Waals surface area contributed by atoms with Gasteiger partial charge in [-0.25, -0.2) is 9.97 Å². The van der Waals surface area contributed by atoms with Crippen molar-refractivity contribution < 1.29 is 9.47 Å². The van der Waals surface area contributed by atoms with E-state index in [0.29, 0.717) is 24.0 Å². The van der Waals surface area contributed by atoms with Crippen LogP contribution < -0.4 is 21.1 Å². The number of nitrogens with zero attached hydrogens (tertiary/aromatic N) is 3. The summed E-state index contributed by atoms with van der Waals surface area (Å²) in [5, 5.41) is 7.39. The molecule has 0 amide bonds. The highest BCUT2D eigenvalue weighted by molar-refractivity contribution is 6.76. The lowest BCUT2D eigenvalue weighted by molar-refractivity contribution is 0.0909. The van der Waals surface area contributed by atoms with Gasteiger partial charge < -0.3 is 30.4 Å². The maximum Gasteiger partial charge on any atom is 0.231 e. The maximum absolute atomic E-state index is 6.15. The maximum atomic E-state index is 6.15. The monoisotopic (exact) mass is 504 g/mol. The summed E-state index contributed by atoms with van der Waals surface area (Å²) in [7, 11) is 0.758. The molecule has 0 aliphatic carbocycles. The largest absolute Gasteiger partial charge is 0.438 e. The van der Waals surface area contributed by atoms with Crippen LogP contribution in [0.4, 0.5) is 11.4 Å². The predicted octanol–water partition coefficient (Wildman–Crippen LogP) is 5.42. The number of nitrogens with one attached hydrogen (secondary N) is 2. The van der Waals surface area contributed by atoms with Crippen molar-refractivity contribution in [3.05, 3.63) is 60.9 Å². The summed E-state index contributed by atoms with van der Waals surface area (Å²) in [6, 6.07) is 18.9. The molecule has 2 aromatic carbocycles. The second-order valence-corrected chi connectivity index (χ2v) is 15.6. The molecule has 190 valence electrons. The Morgan fingerprint density at radius 3 is 2.53 bits per heavy atom. The number of nitrogens with two attached hydrogens (primary N) is 1. The zero-order valence-electron chi connectivity index (χ0n) is 21.5. The summed E-state index contributed by atoms with van der Waals surface area (Å²) in [5.41, 5.74) is 10.5. The quantitative estimate of drug-likeness (QED) is 0.135. The summed E-state index contributed by atoms with van der Waals surface area (Å²) < 4.78 is 14.4. The Morgan fingerprint density at radius 1 is 1.00 bits per heavy atom. The molecule has 0 radical (unpaired) electrons. The van der Waals surface area contributed by atoms with Crippen molar-refractivity contribution in [2.24, 2.45) is 0 Å². The van der Waals surface area contributed by atoms with Gasteiger partial charge in [0, 0.05) is 45.2 Å². The predicted molar refractivity (Wildman–Crippen MR) is 150 cm³/mol. The van der Waals surface area contributed by atoms with Crippen LogP contribution in [0.3, 0.4) is 0 Å². The lowest BCUT2D eigenvalue weighted by Gasteiger charge is -2.17. The topological polar surface area (TPSA) is 99.3 Å². The van der Waals surface area contributed by atoms with E-state index in [0.717, 1.165) is 53.7 Å². The number of likely N-dealkylation sites (N-methyl/N-ethyl adjacent to an activating group) is 1. The molecule has 2 aromatic heterocycles. The molecule has 36 heavy (non-hydrogen) atoms. The van der Waals surface area contributed by atoms with Crippen molar-refractivity contribution in [3.63, 3.8) is 0 Å². The highest BCUT2D eigenvalue weighted by Gasteiger charge is 2.18. The second-order valence-electron chi connectivity index (χ2n) is 10.0. The van der Waals surface area contributed by atoms with Crippen LogP contribution in [0.2, 0.25) is 25.7 Å². The van der Waals surface area contributed by atoms with Gasteiger partial charge in [0.1, 0.15) is 24.5 Å². The van der Waals surface area contributed by atoms with Gasteiger partial charge in [-0.15, -0.1) is 0 Å². The Hall–Kier alpha value is -3.40. The van der Waals surface area contributed by atoms with E-state index in [1.807, 2.05) is 25.2 Å². The first kappa shape index (κ1) is 25.7. The van der Waals surface area contributed by atoms with Crippen LogP contribution in [-0.4, -0.2) is 49.4 Å². The third-order valence-corrected chi connectivity index (χ3v) is 7.53. The van der Waals surface area contributed by atoms with E-state index in [1.54, 1.807) is 6.07 Å². The van der Waals surface area contributed by atoms with Crippen molar-refractivity contribution in [2.45, 2.75) is 32.4 Å². The normalized spacial score (nSPS) is 11.7. The zero-order chi connectivity index (χ0) is 25.5. The number of hydrogen-bond acceptors (Lipinski definition) is 7. The Kier molecular flexibility index (Phi) is 8.24. The lowest BCUT2D eigenvalue weighted by Crippen LogP contribution is -2.22. The fourth-order valence-corrected chi connectivity index (χ4v) is 4.56. The van der Waals surface area contributed by atoms with Gasteiger partial charge in [0.15, 0.2) is 0 Å². The first-order chi connectivity index (χ1) is 17.3. The summed E-state index contributed by atoms with van der Waals surface area (Å²) in [6.45, 7) is 9.95. The van der Waals surface area contributed by atoms with Crippen LogP contribution in [0.1, 0.15) is 0 Å². The number of rotatable bonds is 12. The van der Waals surface area contributed by atoms with Crippen LogP contribution in [-0.2, 0) is 11.5 Å². The molecule has 0 aliphatic rings. The number of aromatic nitrogens is 3. The third-order valence-electron chi connectivity index (χ3n) is 5.83. The van der Waals surface area contributed by atoms with Crippen molar-refractivity contribution >= 4 is 30.5 Å². The number of ether oxygens (including phenoxy) is 2. The van der Waals surface area contributed by atoms with Gasteiger partial charge in [-0.05, 0) is 49.0 Å². The third kappa shape index (κ3) is 6.63. The first-order valence-electron chi connectivity index (χ1n) is 12.3. The smallest absolute Gasteiger partial charge is 0.231 e. The number of fused-ring (bicyclic) bond motifs is 1. The van der Waals surface area contributed by atoms with Gasteiger partial charge in [-0.2, -0.15) is 0 Å². The lowest BCUT2D eigenvalue weighted by atomic mass is 10.1. The molecular formula is C27H36N6O2Si. The van der Waals surface area contributed by atoms with Crippen LogP contribution in [0.15, 0.2) is 60.9 Å². The van der Waals surface area contributed by atoms with E-state index < -0.39 is 8.07 Å². The Labute approximate surface area is 213 Å². The van der Waals surface area contributed by atoms with Crippen molar-refractivity contribution in [2.75, 3.05) is 37.8 Å². The van der Waals surface area contributed by atoms with E-state index >= 15 is 0 Å². The van der Waals surface area contributed by atoms with E-state index in [1.165, 1.54) is 6.33 Å². The number of anilines is 2. The van der Waals surface area contributed by atoms with E-state index in [4.69, 9.17) is 15.2 Å². The first-order valence-corrected chi connectivity index (χ1v) is 16.0. The van der Waals surface area contributed by atoms with Crippen molar-refractivity contribution in [1.82, 2.24) is 19.9 Å². The van der Waals surface area contributed by atoms with Crippen molar-refractivity contribution in [1.29, 1.82) is 0 Å². The molecule has 4 N–H and O–H groups in total. The number of nitrogen functional groups attached to an aromatic ring is 1. The Morgan fingerprint density at radius 2 is 1.81 bits per heavy atom. The molecular weight excluding hydrogens is 468 g/mol. The summed E-state index contributed by atoms with van der Waals surface area (Å²) in [5.74, 6) is 1.12. The summed E-state index contributed by atoms with van der Waals surface area (Å²) in [4.78, 5) is 9.02. The van der Waals surface area contributed by atoms with Crippen LogP contribution in [0.25, 0.3) is 22.3 Å². The van der Waals surface area contributed by atoms with E-state index in [2.05, 4.69) is 75.1 Å². The molecule has 4 aromatic rings. The fraction of sp³-hybridized carbons (Fsp3) is 0.333. The van der Waals surface area contributed by atoms with Crippen molar-refractivity contribution in [3.8, 4) is 22.9 Å². The molecule has 9 heteroatoms. The fourth-order valence-electron chi connectivity index (χ4n) is 3.81. The van der Waals surface area contributed by atoms with Gasteiger partial charge in [-0.3, -0.25) is 0 Å². The zero-order valence-corrected chi connectivity index (χ0v) is 22.5. The van der Waals surface area contributed by atoms with E-state index in [-0.39, 0.29) is 0 Å². The second kappa shape index (κ2) is 11.6. The minimum Gasteiger partial charge on any atom is -0.438 e. The number of hydrogen-bond donors (Lipinski definition) is 3. The molecule has 0 bridgehead atoms. The number of benzene rings is 2. The summed E-state index contributed by atoms with van der Waals surface area (Å²) >= 11 is 0. The minimum absolute atomic E-state index is 0.403. The Balaban J connectivity index is 1.67. The molecule has 0 fully saturated rings. The molecule has 0 saturated heterocycles. The summed E-state index contributed by atoms with van der Waals surface area (Å²) in [6.07, 6.45) is 1.53. The average Bonchev–Trinajstić information content (AvgIpc) is 3.21. The highest BCUT2D eigenvalue weighted by atomic mass is 28.3. The molecule has 2 heterocycles. The molecule has 0 unspecified atom stereocenters. The average molecular weight is 505 g/mol. The molecule has 8 nitrogen and oxygen atoms in total. The Bertz CT molecular complexity index is 1280. The standard InChI is InChI=1S/C27H36N6O2Si/c1-29-12-13-30-22-10-8-20(9-11-22)25-17-24-26(33(25)19-34-14-15-36(2,3)4)31-18-32-27(24)35-23-7-5-6-21(28)16-23/h5-11,16-18,29-30H,12-15,19,28H2,1-4H3. The molecule has 0 saturated carbocycles. The molecule has 0 aliphatic heterocycles. The van der Waals surface area contributed by atoms with Gasteiger partial charge in [0.25, 0.3) is 0 Å². The van der Waals surface area contributed by atoms with Crippen LogP contribution in [0, 0.1) is 0 Å². The molecule has 0 atom stereocenters. The van der Waals surface area contributed by atoms with E-state index in [9.17, 15) is 0 Å². The SMILES string of the molecule is CNCCNc1ccc(-c2cc3c(Oc4cccc(N)c4)ncnc3n2COCC[Si](C)(C)C)cc1. The van der Waals surface area contributed by atoms with Gasteiger partial charge in [0.2, 0.25) is 5.88 Å². The van der Waals surface area contributed by atoms with Gasteiger partial charge >= 0.3 is 0 Å².